The van der Waals surface area contributed by atoms with Crippen LogP contribution in [0.1, 0.15) is 12.0 Å². The summed E-state index contributed by atoms with van der Waals surface area (Å²) in [6.07, 6.45) is 1.13. The van der Waals surface area contributed by atoms with Gasteiger partial charge in [-0.3, -0.25) is 9.20 Å². The molecule has 0 aromatic heterocycles. The molecule has 1 fully saturated rings. The predicted molar refractivity (Wildman–Crippen MR) is 111 cm³/mol. The van der Waals surface area contributed by atoms with Crippen LogP contribution in [0.2, 0.25) is 0 Å². The van der Waals surface area contributed by atoms with Crippen LogP contribution in [-0.2, 0) is 21.3 Å². The Morgan fingerprint density at radius 1 is 1.42 bits per heavy atom. The Bertz CT molecular complexity index is 528. The molecule has 1 aliphatic rings. The highest BCUT2D eigenvalue weighted by Crippen LogP contribution is 2.16. The fourth-order valence-electron chi connectivity index (χ4n) is 2.84. The van der Waals surface area contributed by atoms with Crippen molar-refractivity contribution in [3.8, 4) is 0 Å². The summed E-state index contributed by atoms with van der Waals surface area (Å²) in [6, 6.07) is 9.98. The summed E-state index contributed by atoms with van der Waals surface area (Å²) in [5.41, 5.74) is 1.12. The van der Waals surface area contributed by atoms with Gasteiger partial charge < -0.3 is 15.0 Å². The fraction of sp³-hybridized carbons (Fsp3) is 0.588. The minimum absolute atomic E-state index is 0. The number of guanidine groups is 1. The second kappa shape index (κ2) is 11.8. The summed E-state index contributed by atoms with van der Waals surface area (Å²) in [7, 11) is 2.69. The number of rotatable bonds is 7. The van der Waals surface area contributed by atoms with E-state index in [1.54, 1.807) is 14.2 Å². The van der Waals surface area contributed by atoms with Crippen molar-refractivity contribution in [2.75, 3.05) is 46.2 Å². The van der Waals surface area contributed by atoms with Crippen molar-refractivity contribution in [2.45, 2.75) is 12.2 Å². The Balaban J connectivity index is 0.00000288. The standard InChI is InChI=1S/C17H27N3O2S.HI/c1-18-17(20-10-8-16(12-20)13-22-2)19-9-11-23(21)14-15-6-4-3-5-7-15;/h3-7,16H,8-14H2,1-2H3,(H,18,19);1H. The number of nitrogens with zero attached hydrogens (tertiary/aromatic N) is 2. The lowest BCUT2D eigenvalue weighted by atomic mass is 10.1. The first-order valence-corrected chi connectivity index (χ1v) is 9.55. The van der Waals surface area contributed by atoms with E-state index >= 15 is 0 Å². The van der Waals surface area contributed by atoms with Crippen LogP contribution in [-0.4, -0.2) is 61.2 Å². The maximum atomic E-state index is 12.1. The van der Waals surface area contributed by atoms with E-state index in [4.69, 9.17) is 4.74 Å². The number of hydrogen-bond donors (Lipinski definition) is 1. The number of ether oxygens (including phenoxy) is 1. The summed E-state index contributed by atoms with van der Waals surface area (Å²) in [5, 5.41) is 3.33. The second-order valence-electron chi connectivity index (χ2n) is 5.80. The van der Waals surface area contributed by atoms with E-state index in [1.807, 2.05) is 30.3 Å². The number of benzene rings is 1. The van der Waals surface area contributed by atoms with Gasteiger partial charge in [0, 0.05) is 62.0 Å². The van der Waals surface area contributed by atoms with Crippen LogP contribution >= 0.6 is 24.0 Å². The van der Waals surface area contributed by atoms with Gasteiger partial charge in [-0.1, -0.05) is 30.3 Å². The highest BCUT2D eigenvalue weighted by Gasteiger charge is 2.24. The van der Waals surface area contributed by atoms with Crippen LogP contribution in [0.15, 0.2) is 35.3 Å². The molecule has 1 saturated heterocycles. The zero-order valence-electron chi connectivity index (χ0n) is 14.4. The zero-order valence-corrected chi connectivity index (χ0v) is 17.6. The van der Waals surface area contributed by atoms with Crippen LogP contribution in [0, 0.1) is 5.92 Å². The molecular formula is C17H28IN3O2S. The van der Waals surface area contributed by atoms with Crippen molar-refractivity contribution in [3.63, 3.8) is 0 Å². The minimum atomic E-state index is -0.857. The molecule has 1 N–H and O–H groups in total. The second-order valence-corrected chi connectivity index (χ2v) is 7.38. The molecule has 2 atom stereocenters. The molecule has 2 rings (SSSR count). The number of nitrogens with one attached hydrogen (secondary N) is 1. The lowest BCUT2D eigenvalue weighted by Gasteiger charge is -2.21. The Labute approximate surface area is 164 Å². The molecule has 24 heavy (non-hydrogen) atoms. The molecule has 7 heteroatoms. The van der Waals surface area contributed by atoms with E-state index in [1.165, 1.54) is 0 Å². The van der Waals surface area contributed by atoms with Gasteiger partial charge in [0.2, 0.25) is 0 Å². The van der Waals surface area contributed by atoms with Crippen molar-refractivity contribution in [2.24, 2.45) is 10.9 Å². The van der Waals surface area contributed by atoms with Crippen molar-refractivity contribution < 1.29 is 8.95 Å². The van der Waals surface area contributed by atoms with Gasteiger partial charge in [0.15, 0.2) is 5.96 Å². The summed E-state index contributed by atoms with van der Waals surface area (Å²) in [5.74, 6) is 2.72. The van der Waals surface area contributed by atoms with Gasteiger partial charge in [-0.2, -0.15) is 0 Å². The van der Waals surface area contributed by atoms with Crippen LogP contribution in [0.5, 0.6) is 0 Å². The fourth-order valence-corrected chi connectivity index (χ4v) is 3.88. The highest BCUT2D eigenvalue weighted by molar-refractivity contribution is 14.0. The molecule has 2 unspecified atom stereocenters. The Hall–Kier alpha value is -0.670. The van der Waals surface area contributed by atoms with Gasteiger partial charge in [0.1, 0.15) is 0 Å². The van der Waals surface area contributed by atoms with Crippen LogP contribution in [0.25, 0.3) is 0 Å². The van der Waals surface area contributed by atoms with Crippen LogP contribution in [0.3, 0.4) is 0 Å². The lowest BCUT2D eigenvalue weighted by molar-refractivity contribution is 0.157. The topological polar surface area (TPSA) is 53.9 Å². The number of halogens is 1. The molecule has 1 aromatic carbocycles. The lowest BCUT2D eigenvalue weighted by Crippen LogP contribution is -2.41. The van der Waals surface area contributed by atoms with Crippen LogP contribution in [0.4, 0.5) is 0 Å². The zero-order chi connectivity index (χ0) is 16.5. The van der Waals surface area contributed by atoms with E-state index in [-0.39, 0.29) is 24.0 Å². The van der Waals surface area contributed by atoms with Gasteiger partial charge in [-0.05, 0) is 12.0 Å². The largest absolute Gasteiger partial charge is 0.384 e. The van der Waals surface area contributed by atoms with Gasteiger partial charge in [0.05, 0.1) is 6.61 Å². The normalized spacial score (nSPS) is 19.0. The number of methoxy groups -OCH3 is 1. The molecule has 0 aliphatic carbocycles. The number of likely N-dealkylation sites (tertiary alicyclic amines) is 1. The maximum Gasteiger partial charge on any atom is 0.193 e. The van der Waals surface area contributed by atoms with Gasteiger partial charge in [-0.25, -0.2) is 0 Å². The van der Waals surface area contributed by atoms with Crippen LogP contribution < -0.4 is 5.32 Å². The third kappa shape index (κ3) is 7.06. The summed E-state index contributed by atoms with van der Waals surface area (Å²) in [6.45, 7) is 3.45. The average Bonchev–Trinajstić information content (AvgIpc) is 3.01. The van der Waals surface area contributed by atoms with Crippen molar-refractivity contribution in [1.82, 2.24) is 10.2 Å². The monoisotopic (exact) mass is 465 g/mol. The summed E-state index contributed by atoms with van der Waals surface area (Å²) < 4.78 is 17.4. The van der Waals surface area contributed by atoms with Gasteiger partial charge >= 0.3 is 0 Å². The SMILES string of the molecule is CN=C(NCCS(=O)Cc1ccccc1)N1CCC(COC)C1.I. The molecule has 0 radical (unpaired) electrons. The van der Waals surface area contributed by atoms with E-state index < -0.39 is 10.8 Å². The van der Waals surface area contributed by atoms with Crippen molar-refractivity contribution in [3.05, 3.63) is 35.9 Å². The molecule has 136 valence electrons. The molecule has 0 amide bonds. The first kappa shape index (κ1) is 21.4. The predicted octanol–water partition coefficient (Wildman–Crippen LogP) is 2.10. The molecule has 1 aliphatic heterocycles. The van der Waals surface area contributed by atoms with Gasteiger partial charge in [-0.15, -0.1) is 24.0 Å². The Morgan fingerprint density at radius 3 is 2.83 bits per heavy atom. The average molecular weight is 465 g/mol. The summed E-state index contributed by atoms with van der Waals surface area (Å²) in [4.78, 5) is 6.59. The van der Waals surface area contributed by atoms with E-state index in [2.05, 4.69) is 15.2 Å². The third-order valence-electron chi connectivity index (χ3n) is 3.98. The third-order valence-corrected chi connectivity index (χ3v) is 5.30. The molecular weight excluding hydrogens is 437 g/mol. The molecule has 1 heterocycles. The van der Waals surface area contributed by atoms with E-state index in [0.29, 0.717) is 24.0 Å². The smallest absolute Gasteiger partial charge is 0.193 e. The summed E-state index contributed by atoms with van der Waals surface area (Å²) >= 11 is 0. The molecule has 0 spiro atoms. The van der Waals surface area contributed by atoms with E-state index in [9.17, 15) is 4.21 Å². The first-order chi connectivity index (χ1) is 11.2. The van der Waals surface area contributed by atoms with Gasteiger partial charge in [0.25, 0.3) is 0 Å². The Morgan fingerprint density at radius 2 is 2.17 bits per heavy atom. The Kier molecular flexibility index (Phi) is 10.5. The van der Waals surface area contributed by atoms with E-state index in [0.717, 1.165) is 37.6 Å². The highest BCUT2D eigenvalue weighted by atomic mass is 127. The quantitative estimate of drug-likeness (QED) is 0.381. The molecule has 5 nitrogen and oxygen atoms in total. The molecule has 0 bridgehead atoms. The molecule has 1 aromatic rings. The van der Waals surface area contributed by atoms with Crippen molar-refractivity contribution in [1.29, 1.82) is 0 Å². The maximum absolute atomic E-state index is 12.1. The number of hydrogen-bond acceptors (Lipinski definition) is 3. The van der Waals surface area contributed by atoms with Crippen molar-refractivity contribution >= 4 is 40.7 Å². The number of aliphatic imine (C=N–C) groups is 1. The minimum Gasteiger partial charge on any atom is -0.384 e. The first-order valence-electron chi connectivity index (χ1n) is 8.06. The molecule has 0 saturated carbocycles.